The molecule has 0 aliphatic carbocycles. The molecule has 0 aliphatic rings. The zero-order chi connectivity index (χ0) is 13.5. The second kappa shape index (κ2) is 6.75. The summed E-state index contributed by atoms with van der Waals surface area (Å²) < 4.78 is 0. The van der Waals surface area contributed by atoms with Gasteiger partial charge in [-0.25, -0.2) is 0 Å². The summed E-state index contributed by atoms with van der Waals surface area (Å²) in [6, 6.07) is 13.2. The third-order valence-corrected chi connectivity index (χ3v) is 3.39. The second-order valence-corrected chi connectivity index (χ2v) is 4.92. The molecule has 0 fully saturated rings. The summed E-state index contributed by atoms with van der Waals surface area (Å²) in [5.74, 6) is 0.783. The minimum atomic E-state index is -0.505. The van der Waals surface area contributed by atoms with Gasteiger partial charge >= 0.3 is 5.82 Å². The molecular formula is C13H13N3O2S. The van der Waals surface area contributed by atoms with E-state index in [0.29, 0.717) is 0 Å². The maximum absolute atomic E-state index is 10.4. The fourth-order valence-electron chi connectivity index (χ4n) is 1.48. The van der Waals surface area contributed by atoms with Crippen molar-refractivity contribution in [3.63, 3.8) is 0 Å². The average molecular weight is 275 g/mol. The quantitative estimate of drug-likeness (QED) is 0.379. The van der Waals surface area contributed by atoms with E-state index in [9.17, 15) is 10.1 Å². The van der Waals surface area contributed by atoms with Crippen LogP contribution in [0.15, 0.2) is 53.6 Å². The fourth-order valence-corrected chi connectivity index (χ4v) is 2.27. The van der Waals surface area contributed by atoms with Crippen molar-refractivity contribution in [2.45, 2.75) is 4.90 Å². The Kier molecular flexibility index (Phi) is 4.74. The van der Waals surface area contributed by atoms with Crippen LogP contribution in [0.4, 0.5) is 11.5 Å². The largest absolute Gasteiger partial charge is 0.381 e. The molecule has 1 N–H and O–H groups in total. The van der Waals surface area contributed by atoms with E-state index < -0.39 is 4.92 Å². The number of nitro groups is 1. The summed E-state index contributed by atoms with van der Waals surface area (Å²) in [5.41, 5.74) is 0.791. The lowest BCUT2D eigenvalue weighted by molar-refractivity contribution is -0.389. The lowest BCUT2D eigenvalue weighted by Gasteiger charge is -2.04. The first-order chi connectivity index (χ1) is 9.25. The molecule has 5 nitrogen and oxygen atoms in total. The summed E-state index contributed by atoms with van der Waals surface area (Å²) >= 11 is 1.76. The van der Waals surface area contributed by atoms with Crippen LogP contribution < -0.4 is 5.32 Å². The Balaban J connectivity index is 1.75. The van der Waals surface area contributed by atoms with E-state index in [1.54, 1.807) is 17.8 Å². The molecule has 0 spiro atoms. The molecule has 98 valence electrons. The van der Waals surface area contributed by atoms with Crippen molar-refractivity contribution < 1.29 is 4.92 Å². The van der Waals surface area contributed by atoms with E-state index in [1.807, 2.05) is 18.2 Å². The van der Waals surface area contributed by atoms with Crippen molar-refractivity contribution in [3.05, 3.63) is 58.8 Å². The Labute approximate surface area is 115 Å². The van der Waals surface area contributed by atoms with E-state index in [2.05, 4.69) is 22.4 Å². The highest BCUT2D eigenvalue weighted by Gasteiger charge is 2.05. The molecule has 2 aromatic rings. The number of benzene rings is 1. The van der Waals surface area contributed by atoms with E-state index in [1.165, 1.54) is 17.2 Å². The summed E-state index contributed by atoms with van der Waals surface area (Å²) in [5, 5.41) is 13.6. The van der Waals surface area contributed by atoms with E-state index >= 15 is 0 Å². The van der Waals surface area contributed by atoms with Gasteiger partial charge in [0.1, 0.15) is 0 Å². The summed E-state index contributed by atoms with van der Waals surface area (Å²) in [6.45, 7) is 0.777. The number of hydrogen-bond donors (Lipinski definition) is 1. The molecule has 1 aromatic carbocycles. The Bertz CT molecular complexity index is 531. The van der Waals surface area contributed by atoms with E-state index in [0.717, 1.165) is 18.0 Å². The predicted molar refractivity (Wildman–Crippen MR) is 76.5 cm³/mol. The van der Waals surface area contributed by atoms with Crippen LogP contribution in [-0.2, 0) is 0 Å². The van der Waals surface area contributed by atoms with Crippen LogP contribution in [0.1, 0.15) is 0 Å². The average Bonchev–Trinajstić information content (AvgIpc) is 2.45. The van der Waals surface area contributed by atoms with Crippen LogP contribution in [0.2, 0.25) is 0 Å². The van der Waals surface area contributed by atoms with Gasteiger partial charge in [0.15, 0.2) is 6.20 Å². The van der Waals surface area contributed by atoms with Crippen molar-refractivity contribution in [3.8, 4) is 0 Å². The monoisotopic (exact) mass is 275 g/mol. The highest BCUT2D eigenvalue weighted by Crippen LogP contribution is 2.17. The molecule has 1 aromatic heterocycles. The number of pyridine rings is 1. The SMILES string of the molecule is O=[N+]([O-])c1ccc(NCCSc2ccccc2)cn1. The molecule has 0 saturated carbocycles. The standard InChI is InChI=1S/C13H13N3O2S/c17-16(18)13-7-6-11(10-15-13)14-8-9-19-12-4-2-1-3-5-12/h1-7,10,14H,8-9H2. The van der Waals surface area contributed by atoms with Crippen molar-refractivity contribution in [2.24, 2.45) is 0 Å². The summed E-state index contributed by atoms with van der Waals surface area (Å²) in [4.78, 5) is 14.9. The van der Waals surface area contributed by atoms with Crippen molar-refractivity contribution >= 4 is 23.3 Å². The minimum Gasteiger partial charge on any atom is -0.381 e. The molecular weight excluding hydrogens is 262 g/mol. The van der Waals surface area contributed by atoms with Gasteiger partial charge in [-0.15, -0.1) is 11.8 Å². The number of nitrogens with one attached hydrogen (secondary N) is 1. The Morgan fingerprint density at radius 2 is 2.00 bits per heavy atom. The molecule has 2 rings (SSSR count). The van der Waals surface area contributed by atoms with Gasteiger partial charge in [0, 0.05) is 23.3 Å². The maximum Gasteiger partial charge on any atom is 0.363 e. The van der Waals surface area contributed by atoms with Crippen LogP contribution in [-0.4, -0.2) is 22.2 Å². The zero-order valence-electron chi connectivity index (χ0n) is 10.2. The Hall–Kier alpha value is -2.08. The highest BCUT2D eigenvalue weighted by molar-refractivity contribution is 7.99. The number of nitrogens with zero attached hydrogens (tertiary/aromatic N) is 2. The molecule has 0 amide bonds. The predicted octanol–water partition coefficient (Wildman–Crippen LogP) is 3.19. The second-order valence-electron chi connectivity index (χ2n) is 3.75. The molecule has 0 atom stereocenters. The van der Waals surface area contributed by atoms with Gasteiger partial charge in [0.25, 0.3) is 0 Å². The number of rotatable bonds is 6. The zero-order valence-corrected chi connectivity index (χ0v) is 11.0. The first-order valence-electron chi connectivity index (χ1n) is 5.78. The van der Waals surface area contributed by atoms with Gasteiger partial charge in [-0.1, -0.05) is 18.2 Å². The fraction of sp³-hybridized carbons (Fsp3) is 0.154. The van der Waals surface area contributed by atoms with Gasteiger partial charge in [0.05, 0.1) is 5.69 Å². The van der Waals surface area contributed by atoms with Crippen LogP contribution in [0.5, 0.6) is 0 Å². The highest BCUT2D eigenvalue weighted by atomic mass is 32.2. The molecule has 19 heavy (non-hydrogen) atoms. The first kappa shape index (κ1) is 13.4. The summed E-state index contributed by atoms with van der Waals surface area (Å²) in [7, 11) is 0. The lowest BCUT2D eigenvalue weighted by atomic mass is 10.4. The summed E-state index contributed by atoms with van der Waals surface area (Å²) in [6.07, 6.45) is 1.48. The van der Waals surface area contributed by atoms with E-state index in [4.69, 9.17) is 0 Å². The lowest BCUT2D eigenvalue weighted by Crippen LogP contribution is -2.04. The van der Waals surface area contributed by atoms with Gasteiger partial charge < -0.3 is 15.4 Å². The molecule has 0 unspecified atom stereocenters. The van der Waals surface area contributed by atoms with Crippen molar-refractivity contribution in [1.82, 2.24) is 4.98 Å². The topological polar surface area (TPSA) is 68.1 Å². The maximum atomic E-state index is 10.4. The normalized spacial score (nSPS) is 10.1. The van der Waals surface area contributed by atoms with Crippen molar-refractivity contribution in [1.29, 1.82) is 0 Å². The number of thioether (sulfide) groups is 1. The Morgan fingerprint density at radius 3 is 2.63 bits per heavy atom. The van der Waals surface area contributed by atoms with Gasteiger partial charge in [-0.2, -0.15) is 0 Å². The minimum absolute atomic E-state index is 0.135. The molecule has 6 heteroatoms. The van der Waals surface area contributed by atoms with Gasteiger partial charge in [-0.05, 0) is 28.1 Å². The van der Waals surface area contributed by atoms with Crippen LogP contribution in [0.25, 0.3) is 0 Å². The number of aromatic nitrogens is 1. The molecule has 1 heterocycles. The number of hydrogen-bond acceptors (Lipinski definition) is 5. The van der Waals surface area contributed by atoms with Crippen LogP contribution in [0, 0.1) is 10.1 Å². The number of anilines is 1. The molecule has 0 bridgehead atoms. The van der Waals surface area contributed by atoms with Crippen LogP contribution >= 0.6 is 11.8 Å². The molecule has 0 saturated heterocycles. The Morgan fingerprint density at radius 1 is 1.21 bits per heavy atom. The van der Waals surface area contributed by atoms with Crippen molar-refractivity contribution in [2.75, 3.05) is 17.6 Å². The van der Waals surface area contributed by atoms with E-state index in [-0.39, 0.29) is 5.82 Å². The molecule has 0 aliphatic heterocycles. The third kappa shape index (κ3) is 4.26. The third-order valence-electron chi connectivity index (χ3n) is 2.38. The van der Waals surface area contributed by atoms with Gasteiger partial charge in [0.2, 0.25) is 0 Å². The first-order valence-corrected chi connectivity index (χ1v) is 6.76. The van der Waals surface area contributed by atoms with Gasteiger partial charge in [-0.3, -0.25) is 0 Å². The smallest absolute Gasteiger partial charge is 0.363 e. The molecule has 0 radical (unpaired) electrons. The van der Waals surface area contributed by atoms with Crippen LogP contribution in [0.3, 0.4) is 0 Å².